The van der Waals surface area contributed by atoms with Gasteiger partial charge in [0.1, 0.15) is 6.23 Å². The van der Waals surface area contributed by atoms with E-state index < -0.39 is 29.9 Å². The normalized spacial score (nSPS) is 12.3. The van der Waals surface area contributed by atoms with E-state index in [-0.39, 0.29) is 12.8 Å². The number of amides is 2. The van der Waals surface area contributed by atoms with Crippen LogP contribution < -0.4 is 10.8 Å². The number of ether oxygens (including phenoxy) is 1. The third-order valence-corrected chi connectivity index (χ3v) is 3.82. The molecule has 0 bridgehead atoms. The Labute approximate surface area is 171 Å². The zero-order valence-corrected chi connectivity index (χ0v) is 16.9. The highest BCUT2D eigenvalue weighted by molar-refractivity contribution is 5.73. The molecule has 0 saturated heterocycles. The van der Waals surface area contributed by atoms with Crippen molar-refractivity contribution in [3.05, 3.63) is 71.8 Å². The van der Waals surface area contributed by atoms with Crippen LogP contribution in [0, 0.1) is 0 Å². The Bertz CT molecular complexity index is 735. The second-order valence-corrected chi connectivity index (χ2v) is 7.54. The Morgan fingerprint density at radius 2 is 1.48 bits per heavy atom. The molecule has 1 unspecified atom stereocenters. The average Bonchev–Trinajstić information content (AvgIpc) is 2.70. The van der Waals surface area contributed by atoms with E-state index in [1.807, 2.05) is 60.7 Å². The number of benzene rings is 2. The van der Waals surface area contributed by atoms with Crippen molar-refractivity contribution in [2.75, 3.05) is 0 Å². The molecule has 0 aliphatic carbocycles. The number of hydrogen-bond acceptors (Lipinski definition) is 5. The van der Waals surface area contributed by atoms with E-state index in [9.17, 15) is 14.7 Å². The molecule has 1 atom stereocenters. The van der Waals surface area contributed by atoms with Crippen LogP contribution >= 0.6 is 0 Å². The van der Waals surface area contributed by atoms with E-state index in [2.05, 4.69) is 10.8 Å². The fraction of sp³-hybridized carbons (Fsp3) is 0.364. The smallest absolute Gasteiger partial charge is 0.340 e. The summed E-state index contributed by atoms with van der Waals surface area (Å²) in [6.07, 6.45) is -1.80. The second-order valence-electron chi connectivity index (χ2n) is 7.54. The second kappa shape index (κ2) is 10.6. The van der Waals surface area contributed by atoms with Gasteiger partial charge in [-0.3, -0.25) is 9.63 Å². The molecule has 2 aromatic rings. The molecule has 156 valence electrons. The first-order chi connectivity index (χ1) is 13.7. The van der Waals surface area contributed by atoms with E-state index in [0.29, 0.717) is 0 Å². The van der Waals surface area contributed by atoms with Gasteiger partial charge in [0, 0.05) is 12.8 Å². The van der Waals surface area contributed by atoms with Crippen molar-refractivity contribution in [2.24, 2.45) is 0 Å². The first-order valence-corrected chi connectivity index (χ1v) is 9.46. The molecule has 0 fully saturated rings. The summed E-state index contributed by atoms with van der Waals surface area (Å²) in [6, 6.07) is 18.2. The van der Waals surface area contributed by atoms with E-state index in [4.69, 9.17) is 9.57 Å². The van der Waals surface area contributed by atoms with Crippen molar-refractivity contribution >= 4 is 12.0 Å². The number of aliphatic hydroxyl groups is 1. The maximum Gasteiger partial charge on any atom is 0.340 e. The molecule has 0 saturated carbocycles. The molecule has 29 heavy (non-hydrogen) atoms. The lowest BCUT2D eigenvalue weighted by Crippen LogP contribution is -2.44. The molecule has 3 N–H and O–H groups in total. The van der Waals surface area contributed by atoms with Crippen molar-refractivity contribution in [1.82, 2.24) is 10.8 Å². The van der Waals surface area contributed by atoms with E-state index >= 15 is 0 Å². The van der Waals surface area contributed by atoms with Crippen molar-refractivity contribution in [3.63, 3.8) is 0 Å². The Hall–Kier alpha value is -2.90. The zero-order valence-electron chi connectivity index (χ0n) is 16.9. The molecule has 0 aliphatic heterocycles. The van der Waals surface area contributed by atoms with Crippen LogP contribution in [0.2, 0.25) is 0 Å². The van der Waals surface area contributed by atoms with Crippen molar-refractivity contribution in [1.29, 1.82) is 0 Å². The highest BCUT2D eigenvalue weighted by Crippen LogP contribution is 2.26. The minimum atomic E-state index is -1.21. The zero-order chi connectivity index (χ0) is 21.3. The van der Waals surface area contributed by atoms with Crippen molar-refractivity contribution < 1.29 is 24.3 Å². The maximum atomic E-state index is 12.4. The van der Waals surface area contributed by atoms with Crippen LogP contribution in [0.25, 0.3) is 0 Å². The van der Waals surface area contributed by atoms with Gasteiger partial charge in [0.25, 0.3) is 0 Å². The molecule has 0 heterocycles. The SMILES string of the molecule is CC(C)(C)ONC(=O)NC(O)CCC(=O)OC(c1ccccc1)c1ccccc1. The van der Waals surface area contributed by atoms with Gasteiger partial charge in [-0.2, -0.15) is 0 Å². The highest BCUT2D eigenvalue weighted by atomic mass is 16.7. The average molecular weight is 400 g/mol. The molecule has 7 nitrogen and oxygen atoms in total. The maximum absolute atomic E-state index is 12.4. The molecule has 2 aromatic carbocycles. The fourth-order valence-corrected chi connectivity index (χ4v) is 2.48. The molecule has 0 spiro atoms. The largest absolute Gasteiger partial charge is 0.453 e. The third kappa shape index (κ3) is 8.33. The van der Waals surface area contributed by atoms with Crippen LogP contribution in [0.1, 0.15) is 50.8 Å². The van der Waals surface area contributed by atoms with Crippen LogP contribution in [-0.4, -0.2) is 28.9 Å². The van der Waals surface area contributed by atoms with Gasteiger partial charge >= 0.3 is 12.0 Å². The highest BCUT2D eigenvalue weighted by Gasteiger charge is 2.20. The van der Waals surface area contributed by atoms with E-state index in [1.54, 1.807) is 20.8 Å². The summed E-state index contributed by atoms with van der Waals surface area (Å²) in [5.41, 5.74) is 3.33. The number of nitrogens with one attached hydrogen (secondary N) is 2. The van der Waals surface area contributed by atoms with Gasteiger partial charge in [-0.15, -0.1) is 0 Å². The molecule has 0 aromatic heterocycles. The number of hydroxylamine groups is 1. The topological polar surface area (TPSA) is 96.9 Å². The summed E-state index contributed by atoms with van der Waals surface area (Å²) < 4.78 is 5.67. The minimum Gasteiger partial charge on any atom is -0.453 e. The number of urea groups is 1. The number of esters is 1. The van der Waals surface area contributed by atoms with Crippen LogP contribution in [0.15, 0.2) is 60.7 Å². The molecule has 7 heteroatoms. The summed E-state index contributed by atoms with van der Waals surface area (Å²) >= 11 is 0. The lowest BCUT2D eigenvalue weighted by Gasteiger charge is -2.21. The molecular weight excluding hydrogens is 372 g/mol. The van der Waals surface area contributed by atoms with Gasteiger partial charge in [0.05, 0.1) is 5.60 Å². The predicted molar refractivity (Wildman–Crippen MR) is 109 cm³/mol. The Kier molecular flexibility index (Phi) is 8.18. The number of aliphatic hydroxyl groups excluding tert-OH is 1. The van der Waals surface area contributed by atoms with Gasteiger partial charge in [0.2, 0.25) is 0 Å². The summed E-state index contributed by atoms with van der Waals surface area (Å²) in [5, 5.41) is 12.2. The van der Waals surface area contributed by atoms with Gasteiger partial charge in [-0.25, -0.2) is 10.3 Å². The lowest BCUT2D eigenvalue weighted by atomic mass is 10.0. The van der Waals surface area contributed by atoms with Crippen molar-refractivity contribution in [2.45, 2.75) is 51.5 Å². The van der Waals surface area contributed by atoms with Gasteiger partial charge in [-0.05, 0) is 31.9 Å². The van der Waals surface area contributed by atoms with E-state index in [0.717, 1.165) is 11.1 Å². The first kappa shape index (κ1) is 22.4. The van der Waals surface area contributed by atoms with Crippen LogP contribution in [0.3, 0.4) is 0 Å². The minimum absolute atomic E-state index is 0.0120. The van der Waals surface area contributed by atoms with Gasteiger partial charge in [-0.1, -0.05) is 60.7 Å². The summed E-state index contributed by atoms with van der Waals surface area (Å²) in [6.45, 7) is 5.32. The summed E-state index contributed by atoms with van der Waals surface area (Å²) in [7, 11) is 0. The molecule has 2 amide bonds. The monoisotopic (exact) mass is 400 g/mol. The lowest BCUT2D eigenvalue weighted by molar-refractivity contribution is -0.148. The number of hydrogen-bond donors (Lipinski definition) is 3. The number of carbonyl (C=O) groups excluding carboxylic acids is 2. The molecular formula is C22H28N2O5. The van der Waals surface area contributed by atoms with Crippen LogP contribution in [0.4, 0.5) is 4.79 Å². The first-order valence-electron chi connectivity index (χ1n) is 9.46. The Morgan fingerprint density at radius 1 is 0.966 bits per heavy atom. The van der Waals surface area contributed by atoms with Crippen LogP contribution in [0.5, 0.6) is 0 Å². The van der Waals surface area contributed by atoms with Crippen molar-refractivity contribution in [3.8, 4) is 0 Å². The summed E-state index contributed by atoms with van der Waals surface area (Å²) in [4.78, 5) is 29.1. The molecule has 0 aliphatic rings. The van der Waals surface area contributed by atoms with Crippen LogP contribution in [-0.2, 0) is 14.4 Å². The molecule has 2 rings (SSSR count). The van der Waals surface area contributed by atoms with Gasteiger partial charge in [0.15, 0.2) is 6.10 Å². The van der Waals surface area contributed by atoms with Gasteiger partial charge < -0.3 is 15.2 Å². The Balaban J connectivity index is 1.88. The third-order valence-electron chi connectivity index (χ3n) is 3.82. The molecule has 0 radical (unpaired) electrons. The quantitative estimate of drug-likeness (QED) is 0.358. The van der Waals surface area contributed by atoms with E-state index in [1.165, 1.54) is 0 Å². The predicted octanol–water partition coefficient (Wildman–Crippen LogP) is 3.45. The number of carbonyl (C=O) groups is 2. The standard InChI is InChI=1S/C22H28N2O5/c1-22(2,3)29-24-21(27)23-18(25)14-15-19(26)28-20(16-10-6-4-7-11-16)17-12-8-5-9-13-17/h4-13,18,20,25H,14-15H2,1-3H3,(H2,23,24,27). The number of rotatable bonds is 8. The Morgan fingerprint density at radius 3 is 1.97 bits per heavy atom. The fourth-order valence-electron chi connectivity index (χ4n) is 2.48. The summed E-state index contributed by atoms with van der Waals surface area (Å²) in [5.74, 6) is -0.477.